The highest BCUT2D eigenvalue weighted by molar-refractivity contribution is 5.89. The molecular weight excluding hydrogens is 280 g/mol. The van der Waals surface area contributed by atoms with E-state index in [1.165, 1.54) is 6.08 Å². The Balaban J connectivity index is 2.09. The molecule has 4 heteroatoms. The first-order valence-corrected chi connectivity index (χ1v) is 7.03. The molecule has 0 aromatic heterocycles. The van der Waals surface area contributed by atoms with Crippen LogP contribution < -0.4 is 4.74 Å². The lowest BCUT2D eigenvalue weighted by molar-refractivity contribution is -0.136. The van der Waals surface area contributed by atoms with E-state index in [1.54, 1.807) is 19.1 Å². The summed E-state index contributed by atoms with van der Waals surface area (Å²) in [4.78, 5) is 11.1. The second kappa shape index (κ2) is 7.88. The molecule has 1 N–H and O–H groups in total. The van der Waals surface area contributed by atoms with E-state index in [0.29, 0.717) is 19.0 Å². The van der Waals surface area contributed by atoms with Crippen molar-refractivity contribution in [1.82, 2.24) is 0 Å². The average molecular weight is 298 g/mol. The molecule has 2 aromatic rings. The Morgan fingerprint density at radius 1 is 1.14 bits per heavy atom. The number of hydrogen-bond donors (Lipinski definition) is 1. The molecule has 0 saturated heterocycles. The van der Waals surface area contributed by atoms with Crippen molar-refractivity contribution in [3.63, 3.8) is 0 Å². The molecule has 0 aliphatic rings. The maximum absolute atomic E-state index is 11.1. The molecule has 0 aliphatic heterocycles. The molecule has 0 unspecified atom stereocenters. The normalized spacial score (nSPS) is 11.0. The van der Waals surface area contributed by atoms with Crippen molar-refractivity contribution in [1.29, 1.82) is 0 Å². The number of carboxylic acid groups (broad SMARTS) is 1. The first kappa shape index (κ1) is 15.6. The maximum Gasteiger partial charge on any atom is 0.371 e. The Bertz CT molecular complexity index is 647. The molecule has 0 radical (unpaired) electrons. The molecular formula is C18H18O4. The highest BCUT2D eigenvalue weighted by Crippen LogP contribution is 2.18. The molecule has 4 nitrogen and oxygen atoms in total. The Kier molecular flexibility index (Phi) is 5.60. The largest absolute Gasteiger partial charge is 0.489 e. The van der Waals surface area contributed by atoms with Crippen molar-refractivity contribution in [2.75, 3.05) is 6.61 Å². The minimum atomic E-state index is -1.09. The number of hydrogen-bond acceptors (Lipinski definition) is 3. The van der Waals surface area contributed by atoms with Gasteiger partial charge in [0.05, 0.1) is 6.61 Å². The molecule has 0 saturated carbocycles. The number of carbonyl (C=O) groups is 1. The number of benzene rings is 2. The minimum Gasteiger partial charge on any atom is -0.489 e. The molecule has 2 rings (SSSR count). The van der Waals surface area contributed by atoms with Crippen LogP contribution in [0.25, 0.3) is 6.08 Å². The SMILES string of the molecule is CCO/C(=C\c1cccc(OCc2ccccc2)c1)C(=O)O. The quantitative estimate of drug-likeness (QED) is 0.625. The maximum atomic E-state index is 11.1. The van der Waals surface area contributed by atoms with Gasteiger partial charge in [-0.3, -0.25) is 0 Å². The zero-order valence-electron chi connectivity index (χ0n) is 12.4. The van der Waals surface area contributed by atoms with Crippen LogP contribution in [0.4, 0.5) is 0 Å². The highest BCUT2D eigenvalue weighted by atomic mass is 16.5. The third-order valence-corrected chi connectivity index (χ3v) is 2.91. The molecule has 2 aromatic carbocycles. The van der Waals surface area contributed by atoms with Crippen molar-refractivity contribution in [3.8, 4) is 5.75 Å². The van der Waals surface area contributed by atoms with Gasteiger partial charge in [0, 0.05) is 0 Å². The monoisotopic (exact) mass is 298 g/mol. The fourth-order valence-corrected chi connectivity index (χ4v) is 1.91. The van der Waals surface area contributed by atoms with E-state index in [2.05, 4.69) is 0 Å². The van der Waals surface area contributed by atoms with Gasteiger partial charge in [0.25, 0.3) is 0 Å². The van der Waals surface area contributed by atoms with Crippen LogP contribution >= 0.6 is 0 Å². The number of ether oxygens (including phenoxy) is 2. The van der Waals surface area contributed by atoms with Gasteiger partial charge in [0.1, 0.15) is 12.4 Å². The van der Waals surface area contributed by atoms with Gasteiger partial charge < -0.3 is 14.6 Å². The summed E-state index contributed by atoms with van der Waals surface area (Å²) in [5.41, 5.74) is 1.79. The summed E-state index contributed by atoms with van der Waals surface area (Å²) in [6.45, 7) is 2.52. The van der Waals surface area contributed by atoms with Crippen LogP contribution in [-0.2, 0) is 16.1 Å². The van der Waals surface area contributed by atoms with Gasteiger partial charge in [0.2, 0.25) is 5.76 Å². The summed E-state index contributed by atoms with van der Waals surface area (Å²) in [5, 5.41) is 9.06. The van der Waals surface area contributed by atoms with E-state index in [0.717, 1.165) is 11.1 Å². The standard InChI is InChI=1S/C18H18O4/c1-2-21-17(18(19)20)12-15-9-6-10-16(11-15)22-13-14-7-4-3-5-8-14/h3-12H,2,13H2,1H3,(H,19,20)/b17-12-. The van der Waals surface area contributed by atoms with Gasteiger partial charge in [-0.05, 0) is 36.3 Å². The van der Waals surface area contributed by atoms with Gasteiger partial charge in [-0.15, -0.1) is 0 Å². The number of carboxylic acids is 1. The van der Waals surface area contributed by atoms with Crippen molar-refractivity contribution in [3.05, 3.63) is 71.5 Å². The van der Waals surface area contributed by atoms with Crippen LogP contribution in [0.1, 0.15) is 18.1 Å². The van der Waals surface area contributed by atoms with E-state index in [9.17, 15) is 4.79 Å². The molecule has 0 fully saturated rings. The number of aliphatic carboxylic acids is 1. The lowest BCUT2D eigenvalue weighted by Gasteiger charge is -2.08. The second-order valence-corrected chi connectivity index (χ2v) is 4.59. The average Bonchev–Trinajstić information content (AvgIpc) is 2.54. The van der Waals surface area contributed by atoms with Crippen LogP contribution in [0.3, 0.4) is 0 Å². The van der Waals surface area contributed by atoms with E-state index >= 15 is 0 Å². The fraction of sp³-hybridized carbons (Fsp3) is 0.167. The van der Waals surface area contributed by atoms with E-state index in [4.69, 9.17) is 14.6 Å². The molecule has 114 valence electrons. The third-order valence-electron chi connectivity index (χ3n) is 2.91. The van der Waals surface area contributed by atoms with Gasteiger partial charge in [-0.1, -0.05) is 42.5 Å². The zero-order valence-corrected chi connectivity index (χ0v) is 12.4. The van der Waals surface area contributed by atoms with Crippen molar-refractivity contribution in [2.24, 2.45) is 0 Å². The summed E-state index contributed by atoms with van der Waals surface area (Å²) >= 11 is 0. The fourth-order valence-electron chi connectivity index (χ4n) is 1.91. The zero-order chi connectivity index (χ0) is 15.8. The van der Waals surface area contributed by atoms with Crippen LogP contribution in [0, 0.1) is 0 Å². The van der Waals surface area contributed by atoms with Crippen molar-refractivity contribution in [2.45, 2.75) is 13.5 Å². The van der Waals surface area contributed by atoms with Gasteiger partial charge in [-0.2, -0.15) is 0 Å². The van der Waals surface area contributed by atoms with E-state index in [1.807, 2.05) is 42.5 Å². The number of rotatable bonds is 7. The van der Waals surface area contributed by atoms with Crippen LogP contribution in [-0.4, -0.2) is 17.7 Å². The first-order chi connectivity index (χ1) is 10.7. The smallest absolute Gasteiger partial charge is 0.371 e. The lowest BCUT2D eigenvalue weighted by Crippen LogP contribution is -2.04. The molecule has 0 amide bonds. The van der Waals surface area contributed by atoms with Gasteiger partial charge in [-0.25, -0.2) is 4.79 Å². The second-order valence-electron chi connectivity index (χ2n) is 4.59. The molecule has 0 atom stereocenters. The van der Waals surface area contributed by atoms with Crippen molar-refractivity contribution < 1.29 is 19.4 Å². The topological polar surface area (TPSA) is 55.8 Å². The van der Waals surface area contributed by atoms with Gasteiger partial charge in [0.15, 0.2) is 0 Å². The lowest BCUT2D eigenvalue weighted by atomic mass is 10.2. The molecule has 0 aliphatic carbocycles. The minimum absolute atomic E-state index is 0.0808. The summed E-state index contributed by atoms with van der Waals surface area (Å²) < 4.78 is 10.8. The van der Waals surface area contributed by atoms with E-state index in [-0.39, 0.29) is 5.76 Å². The summed E-state index contributed by atoms with van der Waals surface area (Å²) in [6, 6.07) is 17.1. The predicted octanol–water partition coefficient (Wildman–Crippen LogP) is 3.73. The molecule has 0 heterocycles. The Labute approximate surface area is 129 Å². The highest BCUT2D eigenvalue weighted by Gasteiger charge is 2.08. The van der Waals surface area contributed by atoms with E-state index < -0.39 is 5.97 Å². The third kappa shape index (κ3) is 4.66. The Hall–Kier alpha value is -2.75. The summed E-state index contributed by atoms with van der Waals surface area (Å²) in [6.07, 6.45) is 1.49. The summed E-state index contributed by atoms with van der Waals surface area (Å²) in [7, 11) is 0. The molecule has 22 heavy (non-hydrogen) atoms. The first-order valence-electron chi connectivity index (χ1n) is 7.03. The Morgan fingerprint density at radius 2 is 1.91 bits per heavy atom. The van der Waals surface area contributed by atoms with Gasteiger partial charge >= 0.3 is 5.97 Å². The van der Waals surface area contributed by atoms with Crippen molar-refractivity contribution >= 4 is 12.0 Å². The predicted molar refractivity (Wildman–Crippen MR) is 84.5 cm³/mol. The Morgan fingerprint density at radius 3 is 2.59 bits per heavy atom. The summed E-state index contributed by atoms with van der Waals surface area (Å²) in [5.74, 6) is -0.487. The van der Waals surface area contributed by atoms with Crippen LogP contribution in [0.15, 0.2) is 60.4 Å². The molecule has 0 spiro atoms. The van der Waals surface area contributed by atoms with Crippen LogP contribution in [0.2, 0.25) is 0 Å². The van der Waals surface area contributed by atoms with Crippen LogP contribution in [0.5, 0.6) is 5.75 Å². The molecule has 0 bridgehead atoms.